The fraction of sp³-hybridized carbons (Fsp3) is 0.467. The Bertz CT molecular complexity index is 564. The fourth-order valence-electron chi connectivity index (χ4n) is 2.16. The molecule has 0 fully saturated rings. The van der Waals surface area contributed by atoms with Crippen molar-refractivity contribution < 1.29 is 0 Å². The van der Waals surface area contributed by atoms with Crippen LogP contribution < -0.4 is 5.32 Å². The summed E-state index contributed by atoms with van der Waals surface area (Å²) in [6.45, 7) is 9.35. The Morgan fingerprint density at radius 2 is 2.05 bits per heavy atom. The van der Waals surface area contributed by atoms with E-state index in [0.717, 1.165) is 23.6 Å². The lowest BCUT2D eigenvalue weighted by Gasteiger charge is -2.18. The quantitative estimate of drug-likeness (QED) is 0.920. The molecular weight excluding hydrogens is 236 g/mol. The van der Waals surface area contributed by atoms with E-state index >= 15 is 0 Å². The minimum atomic E-state index is 0.0578. The van der Waals surface area contributed by atoms with Gasteiger partial charge in [-0.25, -0.2) is 0 Å². The van der Waals surface area contributed by atoms with Crippen molar-refractivity contribution in [2.75, 3.05) is 5.32 Å². The van der Waals surface area contributed by atoms with Crippen molar-refractivity contribution in [2.45, 2.75) is 39.7 Å². The Morgan fingerprint density at radius 3 is 2.68 bits per heavy atom. The van der Waals surface area contributed by atoms with Gasteiger partial charge in [-0.15, -0.1) is 0 Å². The van der Waals surface area contributed by atoms with Crippen LogP contribution in [0.5, 0.6) is 0 Å². The van der Waals surface area contributed by atoms with Gasteiger partial charge in [0, 0.05) is 37.0 Å². The Kier molecular flexibility index (Phi) is 3.60. The summed E-state index contributed by atoms with van der Waals surface area (Å²) in [5, 5.41) is 8.02. The minimum Gasteiger partial charge on any atom is -0.379 e. The van der Waals surface area contributed by atoms with E-state index < -0.39 is 0 Å². The number of aromatic nitrogens is 3. The Labute approximate surface area is 114 Å². The van der Waals surface area contributed by atoms with E-state index in [4.69, 9.17) is 0 Å². The van der Waals surface area contributed by atoms with Crippen LogP contribution in [0.3, 0.4) is 0 Å². The van der Waals surface area contributed by atoms with Gasteiger partial charge in [0.1, 0.15) is 0 Å². The Balaban J connectivity index is 2.19. The highest BCUT2D eigenvalue weighted by Crippen LogP contribution is 2.25. The molecule has 0 aliphatic heterocycles. The Morgan fingerprint density at radius 1 is 1.32 bits per heavy atom. The van der Waals surface area contributed by atoms with Crippen LogP contribution in [0, 0.1) is 6.92 Å². The number of rotatable bonds is 3. The zero-order chi connectivity index (χ0) is 14.0. The van der Waals surface area contributed by atoms with E-state index in [-0.39, 0.29) is 5.41 Å². The summed E-state index contributed by atoms with van der Waals surface area (Å²) in [5.41, 5.74) is 4.53. The molecular formula is C15H22N4. The summed E-state index contributed by atoms with van der Waals surface area (Å²) in [4.78, 5) is 4.28. The van der Waals surface area contributed by atoms with Gasteiger partial charge in [0.25, 0.3) is 0 Å². The number of aryl methyl sites for hydroxylation is 2. The predicted octanol–water partition coefficient (Wildman–Crippen LogP) is 3.03. The first-order valence-electron chi connectivity index (χ1n) is 6.56. The fourth-order valence-corrected chi connectivity index (χ4v) is 2.16. The van der Waals surface area contributed by atoms with Crippen molar-refractivity contribution in [3.8, 4) is 0 Å². The lowest BCUT2D eigenvalue weighted by Crippen LogP contribution is -2.16. The number of anilines is 1. The van der Waals surface area contributed by atoms with Gasteiger partial charge >= 0.3 is 0 Å². The number of nitrogens with zero attached hydrogens (tertiary/aromatic N) is 3. The zero-order valence-corrected chi connectivity index (χ0v) is 12.4. The van der Waals surface area contributed by atoms with E-state index in [1.807, 2.05) is 30.9 Å². The largest absolute Gasteiger partial charge is 0.379 e. The molecule has 102 valence electrons. The first kappa shape index (κ1) is 13.6. The van der Waals surface area contributed by atoms with Gasteiger partial charge in [-0.05, 0) is 19.1 Å². The predicted molar refractivity (Wildman–Crippen MR) is 78.2 cm³/mol. The normalized spacial score (nSPS) is 11.6. The molecule has 2 aromatic rings. The van der Waals surface area contributed by atoms with Crippen LogP contribution in [0.25, 0.3) is 0 Å². The molecule has 0 radical (unpaired) electrons. The lowest BCUT2D eigenvalue weighted by molar-refractivity contribution is 0.549. The summed E-state index contributed by atoms with van der Waals surface area (Å²) >= 11 is 0. The first-order valence-corrected chi connectivity index (χ1v) is 6.56. The number of pyridine rings is 1. The third-order valence-electron chi connectivity index (χ3n) is 3.09. The maximum Gasteiger partial charge on any atom is 0.0727 e. The second kappa shape index (κ2) is 5.03. The average molecular weight is 258 g/mol. The third-order valence-corrected chi connectivity index (χ3v) is 3.09. The van der Waals surface area contributed by atoms with Gasteiger partial charge in [0.05, 0.1) is 17.1 Å². The number of nitrogens with one attached hydrogen (secondary N) is 1. The molecule has 2 heterocycles. The van der Waals surface area contributed by atoms with Crippen LogP contribution in [0.4, 0.5) is 5.69 Å². The summed E-state index contributed by atoms with van der Waals surface area (Å²) in [6.07, 6.45) is 3.89. The van der Waals surface area contributed by atoms with Gasteiger partial charge in [0.15, 0.2) is 0 Å². The molecule has 0 aromatic carbocycles. The summed E-state index contributed by atoms with van der Waals surface area (Å²) < 4.78 is 1.88. The molecule has 19 heavy (non-hydrogen) atoms. The molecule has 0 spiro atoms. The van der Waals surface area contributed by atoms with Crippen molar-refractivity contribution in [3.63, 3.8) is 0 Å². The van der Waals surface area contributed by atoms with Crippen molar-refractivity contribution in [1.29, 1.82) is 0 Å². The second-order valence-corrected chi connectivity index (χ2v) is 5.92. The monoisotopic (exact) mass is 258 g/mol. The van der Waals surface area contributed by atoms with Gasteiger partial charge in [-0.2, -0.15) is 5.10 Å². The van der Waals surface area contributed by atoms with Crippen molar-refractivity contribution in [1.82, 2.24) is 14.8 Å². The molecule has 0 atom stereocenters. The molecule has 0 bridgehead atoms. The van der Waals surface area contributed by atoms with Crippen LogP contribution in [0.1, 0.15) is 37.7 Å². The van der Waals surface area contributed by atoms with E-state index in [1.165, 1.54) is 5.56 Å². The van der Waals surface area contributed by atoms with Crippen LogP contribution in [0.2, 0.25) is 0 Å². The van der Waals surface area contributed by atoms with Gasteiger partial charge in [-0.1, -0.05) is 20.8 Å². The summed E-state index contributed by atoms with van der Waals surface area (Å²) in [6, 6.07) is 4.00. The lowest BCUT2D eigenvalue weighted by atomic mass is 9.89. The van der Waals surface area contributed by atoms with E-state index in [9.17, 15) is 0 Å². The molecule has 0 unspecified atom stereocenters. The average Bonchev–Trinajstić information content (AvgIpc) is 2.69. The third kappa shape index (κ3) is 3.13. The van der Waals surface area contributed by atoms with Gasteiger partial charge in [0.2, 0.25) is 0 Å². The molecule has 0 amide bonds. The maximum atomic E-state index is 4.58. The van der Waals surface area contributed by atoms with Gasteiger partial charge in [-0.3, -0.25) is 9.67 Å². The molecule has 0 saturated heterocycles. The van der Waals surface area contributed by atoms with Crippen LogP contribution in [0.15, 0.2) is 24.5 Å². The first-order chi connectivity index (χ1) is 8.88. The standard InChI is InChI=1S/C15H22N4/c1-11-13(7-6-8-16-11)17-9-12-10-19(5)18-14(12)15(2,3)4/h6-8,10,17H,9H2,1-5H3. The molecule has 1 N–H and O–H groups in total. The van der Waals surface area contributed by atoms with Crippen LogP contribution in [-0.2, 0) is 19.0 Å². The highest BCUT2D eigenvalue weighted by molar-refractivity contribution is 5.47. The molecule has 2 aromatic heterocycles. The van der Waals surface area contributed by atoms with Crippen LogP contribution >= 0.6 is 0 Å². The van der Waals surface area contributed by atoms with Crippen LogP contribution in [-0.4, -0.2) is 14.8 Å². The molecule has 0 saturated carbocycles. The molecule has 0 aliphatic carbocycles. The molecule has 0 aliphatic rings. The summed E-state index contributed by atoms with van der Waals surface area (Å²) in [5.74, 6) is 0. The SMILES string of the molecule is Cc1ncccc1NCc1cn(C)nc1C(C)(C)C. The Hall–Kier alpha value is -1.84. The highest BCUT2D eigenvalue weighted by atomic mass is 15.3. The molecule has 4 heteroatoms. The number of hydrogen-bond donors (Lipinski definition) is 1. The van der Waals surface area contributed by atoms with E-state index in [2.05, 4.69) is 48.4 Å². The smallest absolute Gasteiger partial charge is 0.0727 e. The van der Waals surface area contributed by atoms with E-state index in [0.29, 0.717) is 0 Å². The van der Waals surface area contributed by atoms with E-state index in [1.54, 1.807) is 0 Å². The maximum absolute atomic E-state index is 4.58. The zero-order valence-electron chi connectivity index (χ0n) is 12.4. The highest BCUT2D eigenvalue weighted by Gasteiger charge is 2.21. The number of hydrogen-bond acceptors (Lipinski definition) is 3. The summed E-state index contributed by atoms with van der Waals surface area (Å²) in [7, 11) is 1.97. The van der Waals surface area contributed by atoms with Crippen molar-refractivity contribution >= 4 is 5.69 Å². The van der Waals surface area contributed by atoms with Crippen molar-refractivity contribution in [3.05, 3.63) is 41.5 Å². The second-order valence-electron chi connectivity index (χ2n) is 5.92. The van der Waals surface area contributed by atoms with Gasteiger partial charge < -0.3 is 5.32 Å². The van der Waals surface area contributed by atoms with Crippen molar-refractivity contribution in [2.24, 2.45) is 7.05 Å². The minimum absolute atomic E-state index is 0.0578. The molecule has 2 rings (SSSR count). The topological polar surface area (TPSA) is 42.7 Å². The molecule has 4 nitrogen and oxygen atoms in total.